The molecular weight excluding hydrogens is 368 g/mol. The van der Waals surface area contributed by atoms with Crippen molar-refractivity contribution in [1.82, 2.24) is 19.0 Å². The number of nitrogens with one attached hydrogen (secondary N) is 1. The Morgan fingerprint density at radius 3 is 2.46 bits per heavy atom. The number of nitrogens with zero attached hydrogens (tertiary/aromatic N) is 3. The SMILES string of the molecule is CC(C)NS(=O)(=O)N(C=O)[C@H]1CC[C@@H]2CN1C(=O)N2OS(=O)(=O)O. The molecule has 0 aromatic heterocycles. The highest BCUT2D eigenvalue weighted by Crippen LogP contribution is 2.32. The maximum absolute atomic E-state index is 12.2. The number of hydrogen-bond acceptors (Lipinski definition) is 7. The maximum Gasteiger partial charge on any atom is 0.418 e. The zero-order chi connectivity index (χ0) is 18.3. The van der Waals surface area contributed by atoms with Crippen molar-refractivity contribution in [3.63, 3.8) is 0 Å². The number of rotatable bonds is 7. The fourth-order valence-electron chi connectivity index (χ4n) is 2.72. The summed E-state index contributed by atoms with van der Waals surface area (Å²) in [4.78, 5) is 24.6. The third kappa shape index (κ3) is 3.77. The normalized spacial score (nSPS) is 24.6. The van der Waals surface area contributed by atoms with Gasteiger partial charge in [0.25, 0.3) is 0 Å². The topological polar surface area (TPSA) is 154 Å². The average molecular weight is 386 g/mol. The highest BCUT2D eigenvalue weighted by Gasteiger charge is 2.50. The van der Waals surface area contributed by atoms with Gasteiger partial charge in [0.2, 0.25) is 6.41 Å². The molecule has 2 heterocycles. The molecule has 2 fully saturated rings. The van der Waals surface area contributed by atoms with E-state index in [-0.39, 0.29) is 25.8 Å². The second-order valence-electron chi connectivity index (χ2n) is 5.69. The van der Waals surface area contributed by atoms with Crippen LogP contribution in [-0.2, 0) is 29.7 Å². The summed E-state index contributed by atoms with van der Waals surface area (Å²) < 4.78 is 61.8. The van der Waals surface area contributed by atoms with Crippen LogP contribution >= 0.6 is 0 Å². The predicted molar refractivity (Wildman–Crippen MR) is 78.5 cm³/mol. The molecule has 138 valence electrons. The monoisotopic (exact) mass is 386 g/mol. The van der Waals surface area contributed by atoms with E-state index in [0.717, 1.165) is 4.90 Å². The van der Waals surface area contributed by atoms with E-state index < -0.39 is 44.9 Å². The summed E-state index contributed by atoms with van der Waals surface area (Å²) in [6.07, 6.45) is -0.740. The molecular formula is C10H18N4O8S2. The van der Waals surface area contributed by atoms with E-state index in [9.17, 15) is 26.4 Å². The van der Waals surface area contributed by atoms with Crippen LogP contribution in [0.25, 0.3) is 0 Å². The van der Waals surface area contributed by atoms with Gasteiger partial charge >= 0.3 is 26.6 Å². The fourth-order valence-corrected chi connectivity index (χ4v) is 4.48. The summed E-state index contributed by atoms with van der Waals surface area (Å²) in [7, 11) is -9.08. The lowest BCUT2D eigenvalue weighted by Gasteiger charge is -2.36. The summed E-state index contributed by atoms with van der Waals surface area (Å²) in [5.41, 5.74) is 0. The van der Waals surface area contributed by atoms with E-state index >= 15 is 0 Å². The Bertz CT molecular complexity index is 721. The number of amides is 3. The summed E-state index contributed by atoms with van der Waals surface area (Å²) >= 11 is 0. The molecule has 0 unspecified atom stereocenters. The third-order valence-corrected chi connectivity index (χ3v) is 5.53. The zero-order valence-corrected chi connectivity index (χ0v) is 14.5. The van der Waals surface area contributed by atoms with Gasteiger partial charge in [-0.15, -0.1) is 4.28 Å². The van der Waals surface area contributed by atoms with E-state index in [1.807, 2.05) is 0 Å². The Kier molecular flexibility index (Phi) is 5.06. The second-order valence-corrected chi connectivity index (χ2v) is 8.30. The van der Waals surface area contributed by atoms with Crippen molar-refractivity contribution in [2.24, 2.45) is 0 Å². The first-order chi connectivity index (χ1) is 11.0. The minimum absolute atomic E-state index is 0.0411. The minimum Gasteiger partial charge on any atom is -0.299 e. The number of carbonyl (C=O) groups excluding carboxylic acids is 2. The van der Waals surface area contributed by atoms with Gasteiger partial charge in [0, 0.05) is 12.6 Å². The summed E-state index contributed by atoms with van der Waals surface area (Å²) in [6, 6.07) is -2.10. The summed E-state index contributed by atoms with van der Waals surface area (Å²) in [5.74, 6) is 0. The van der Waals surface area contributed by atoms with Crippen molar-refractivity contribution in [2.75, 3.05) is 6.54 Å². The van der Waals surface area contributed by atoms with Crippen LogP contribution in [0.3, 0.4) is 0 Å². The molecule has 0 aliphatic carbocycles. The van der Waals surface area contributed by atoms with Gasteiger partial charge in [0.05, 0.1) is 6.04 Å². The van der Waals surface area contributed by atoms with Crippen molar-refractivity contribution < 1.29 is 35.3 Å². The number of fused-ring (bicyclic) bond motifs is 2. The highest BCUT2D eigenvalue weighted by molar-refractivity contribution is 7.87. The molecule has 2 aliphatic heterocycles. The molecule has 2 atom stereocenters. The number of hydrogen-bond donors (Lipinski definition) is 2. The first-order valence-electron chi connectivity index (χ1n) is 6.99. The zero-order valence-electron chi connectivity index (χ0n) is 12.9. The van der Waals surface area contributed by atoms with Crippen LogP contribution in [0.2, 0.25) is 0 Å². The van der Waals surface area contributed by atoms with Crippen LogP contribution in [0, 0.1) is 0 Å². The number of urea groups is 1. The first-order valence-corrected chi connectivity index (χ1v) is 9.79. The third-order valence-electron chi connectivity index (χ3n) is 3.53. The number of hydroxylamine groups is 2. The predicted octanol–water partition coefficient (Wildman–Crippen LogP) is -1.35. The minimum atomic E-state index is -4.90. The first kappa shape index (κ1) is 18.9. The Morgan fingerprint density at radius 2 is 1.96 bits per heavy atom. The maximum atomic E-state index is 12.2. The summed E-state index contributed by atoms with van der Waals surface area (Å²) in [5, 5.41) is 0.473. The standard InChI is InChI=1S/C10H18N4O8S2/c1-7(2)11-23(17,18)13(6-15)9-4-3-8-5-12(9)10(16)14(8)22-24(19,20)21/h6-9,11H,3-5H2,1-2H3,(H,19,20,21)/t8-,9+/m1/s1. The molecule has 2 N–H and O–H groups in total. The van der Waals surface area contributed by atoms with Crippen LogP contribution in [0.1, 0.15) is 26.7 Å². The molecule has 2 aliphatic rings. The fraction of sp³-hybridized carbons (Fsp3) is 0.800. The Hall–Kier alpha value is -1.48. The van der Waals surface area contributed by atoms with E-state index in [4.69, 9.17) is 4.55 Å². The van der Waals surface area contributed by atoms with Crippen molar-refractivity contribution in [3.8, 4) is 0 Å². The molecule has 0 spiro atoms. The largest absolute Gasteiger partial charge is 0.418 e. The average Bonchev–Trinajstić information content (AvgIpc) is 2.64. The van der Waals surface area contributed by atoms with Gasteiger partial charge in [-0.05, 0) is 26.7 Å². The van der Waals surface area contributed by atoms with Crippen molar-refractivity contribution in [1.29, 1.82) is 0 Å². The lowest BCUT2D eigenvalue weighted by atomic mass is 10.1. The molecule has 14 heteroatoms. The van der Waals surface area contributed by atoms with Crippen LogP contribution in [-0.4, -0.2) is 72.9 Å². The van der Waals surface area contributed by atoms with Gasteiger partial charge in [-0.1, -0.05) is 0 Å². The van der Waals surface area contributed by atoms with Crippen molar-refractivity contribution in [3.05, 3.63) is 0 Å². The van der Waals surface area contributed by atoms with E-state index in [1.54, 1.807) is 13.8 Å². The van der Waals surface area contributed by atoms with Gasteiger partial charge in [-0.3, -0.25) is 14.2 Å². The van der Waals surface area contributed by atoms with Gasteiger partial charge in [0.15, 0.2) is 0 Å². The van der Waals surface area contributed by atoms with Gasteiger partial charge in [0.1, 0.15) is 6.17 Å². The second kappa shape index (κ2) is 6.44. The smallest absolute Gasteiger partial charge is 0.299 e. The van der Waals surface area contributed by atoms with Crippen molar-refractivity contribution in [2.45, 2.75) is 44.9 Å². The van der Waals surface area contributed by atoms with Crippen molar-refractivity contribution >= 4 is 33.0 Å². The number of piperidine rings is 1. The van der Waals surface area contributed by atoms with Crippen LogP contribution in [0.15, 0.2) is 0 Å². The lowest BCUT2D eigenvalue weighted by molar-refractivity contribution is -0.117. The highest BCUT2D eigenvalue weighted by atomic mass is 32.3. The molecule has 2 rings (SSSR count). The van der Waals surface area contributed by atoms with Gasteiger partial charge < -0.3 is 0 Å². The summed E-state index contributed by atoms with van der Waals surface area (Å²) in [6.45, 7) is 3.10. The number of carbonyl (C=O) groups is 2. The van der Waals surface area contributed by atoms with Crippen LogP contribution in [0.5, 0.6) is 0 Å². The molecule has 0 saturated carbocycles. The van der Waals surface area contributed by atoms with E-state index in [2.05, 4.69) is 9.01 Å². The molecule has 24 heavy (non-hydrogen) atoms. The van der Waals surface area contributed by atoms with Gasteiger partial charge in [-0.25, -0.2) is 9.10 Å². The molecule has 0 aromatic carbocycles. The Morgan fingerprint density at radius 1 is 1.33 bits per heavy atom. The molecule has 2 bridgehead atoms. The molecule has 0 radical (unpaired) electrons. The Labute approximate surface area is 139 Å². The molecule has 12 nitrogen and oxygen atoms in total. The molecule has 2 saturated heterocycles. The quantitative estimate of drug-likeness (QED) is 0.402. The van der Waals surface area contributed by atoms with Gasteiger partial charge in [-0.2, -0.15) is 26.6 Å². The van der Waals surface area contributed by atoms with Crippen LogP contribution in [0.4, 0.5) is 4.79 Å². The Balaban J connectivity index is 2.25. The molecule has 0 aromatic rings. The van der Waals surface area contributed by atoms with E-state index in [0.29, 0.717) is 9.37 Å². The lowest BCUT2D eigenvalue weighted by Crippen LogP contribution is -2.56. The van der Waals surface area contributed by atoms with Crippen LogP contribution < -0.4 is 4.72 Å². The van der Waals surface area contributed by atoms with E-state index in [1.165, 1.54) is 0 Å². The molecule has 3 amide bonds.